The maximum atomic E-state index is 5.62. The van der Waals surface area contributed by atoms with Gasteiger partial charge in [-0.2, -0.15) is 0 Å². The van der Waals surface area contributed by atoms with Gasteiger partial charge in [-0.3, -0.25) is 0 Å². The Kier molecular flexibility index (Phi) is 3.31. The molecule has 16 heavy (non-hydrogen) atoms. The molecule has 88 valence electrons. The average Bonchev–Trinajstić information content (AvgIpc) is 2.86. The molecule has 1 aromatic rings. The van der Waals surface area contributed by atoms with E-state index < -0.39 is 0 Å². The standard InChI is InChI=1S/C14H22N2/c1-14(2)9-13(14)16-10-12-6-4-3-5-11(12)7-8-15/h3-6,13,16H,7-10,15H2,1-2H3. The predicted octanol–water partition coefficient (Wildman–Crippen LogP) is 2.08. The molecule has 2 nitrogen and oxygen atoms in total. The monoisotopic (exact) mass is 218 g/mol. The molecule has 1 aromatic carbocycles. The van der Waals surface area contributed by atoms with Crippen LogP contribution in [-0.4, -0.2) is 12.6 Å². The number of nitrogens with two attached hydrogens (primary N) is 1. The van der Waals surface area contributed by atoms with E-state index in [1.807, 2.05) is 0 Å². The van der Waals surface area contributed by atoms with E-state index >= 15 is 0 Å². The lowest BCUT2D eigenvalue weighted by atomic mass is 10.0. The zero-order valence-electron chi connectivity index (χ0n) is 10.3. The van der Waals surface area contributed by atoms with Crippen molar-refractivity contribution in [1.29, 1.82) is 0 Å². The Bertz CT molecular complexity index is 358. The van der Waals surface area contributed by atoms with Crippen molar-refractivity contribution < 1.29 is 0 Å². The summed E-state index contributed by atoms with van der Waals surface area (Å²) < 4.78 is 0. The predicted molar refractivity (Wildman–Crippen MR) is 68.2 cm³/mol. The molecule has 1 aliphatic rings. The van der Waals surface area contributed by atoms with E-state index in [1.165, 1.54) is 17.5 Å². The van der Waals surface area contributed by atoms with E-state index in [1.54, 1.807) is 0 Å². The highest BCUT2D eigenvalue weighted by Crippen LogP contribution is 2.44. The third kappa shape index (κ3) is 2.63. The highest BCUT2D eigenvalue weighted by atomic mass is 15.0. The Hall–Kier alpha value is -0.860. The second-order valence-corrected chi connectivity index (χ2v) is 5.43. The summed E-state index contributed by atoms with van der Waals surface area (Å²) in [6.45, 7) is 6.34. The molecule has 1 saturated carbocycles. The van der Waals surface area contributed by atoms with Gasteiger partial charge in [0.1, 0.15) is 0 Å². The number of benzene rings is 1. The van der Waals surface area contributed by atoms with Gasteiger partial charge < -0.3 is 11.1 Å². The maximum Gasteiger partial charge on any atom is 0.0211 e. The zero-order chi connectivity index (χ0) is 11.6. The van der Waals surface area contributed by atoms with Gasteiger partial charge >= 0.3 is 0 Å². The van der Waals surface area contributed by atoms with Crippen LogP contribution < -0.4 is 11.1 Å². The first-order valence-electron chi connectivity index (χ1n) is 6.14. The molecule has 1 fully saturated rings. The van der Waals surface area contributed by atoms with E-state index in [0.717, 1.165) is 19.5 Å². The molecule has 1 aliphatic carbocycles. The van der Waals surface area contributed by atoms with Crippen LogP contribution in [0, 0.1) is 5.41 Å². The Labute approximate surface area is 98.2 Å². The van der Waals surface area contributed by atoms with Crippen LogP contribution in [0.5, 0.6) is 0 Å². The van der Waals surface area contributed by atoms with Gasteiger partial charge in [-0.15, -0.1) is 0 Å². The molecule has 0 amide bonds. The van der Waals surface area contributed by atoms with Crippen LogP contribution in [0.2, 0.25) is 0 Å². The lowest BCUT2D eigenvalue weighted by Gasteiger charge is -2.10. The summed E-state index contributed by atoms with van der Waals surface area (Å²) in [5, 5.41) is 3.62. The van der Waals surface area contributed by atoms with Crippen LogP contribution in [0.4, 0.5) is 0 Å². The molecule has 0 saturated heterocycles. The first kappa shape index (κ1) is 11.6. The molecule has 1 atom stereocenters. The van der Waals surface area contributed by atoms with Crippen LogP contribution in [0.1, 0.15) is 31.4 Å². The van der Waals surface area contributed by atoms with E-state index in [9.17, 15) is 0 Å². The summed E-state index contributed by atoms with van der Waals surface area (Å²) >= 11 is 0. The van der Waals surface area contributed by atoms with Crippen LogP contribution in [-0.2, 0) is 13.0 Å². The van der Waals surface area contributed by atoms with Crippen molar-refractivity contribution in [3.8, 4) is 0 Å². The molecule has 0 radical (unpaired) electrons. The molecule has 0 heterocycles. The Morgan fingerprint density at radius 2 is 1.94 bits per heavy atom. The van der Waals surface area contributed by atoms with E-state index in [4.69, 9.17) is 5.73 Å². The topological polar surface area (TPSA) is 38.0 Å². The molecular formula is C14H22N2. The van der Waals surface area contributed by atoms with Gasteiger partial charge in [-0.1, -0.05) is 38.1 Å². The maximum absolute atomic E-state index is 5.62. The van der Waals surface area contributed by atoms with Crippen molar-refractivity contribution in [3.63, 3.8) is 0 Å². The quantitative estimate of drug-likeness (QED) is 0.794. The second-order valence-electron chi connectivity index (χ2n) is 5.43. The normalized spacial score (nSPS) is 22.1. The summed E-state index contributed by atoms with van der Waals surface area (Å²) in [7, 11) is 0. The average molecular weight is 218 g/mol. The fourth-order valence-corrected chi connectivity index (χ4v) is 2.18. The largest absolute Gasteiger partial charge is 0.330 e. The van der Waals surface area contributed by atoms with Gasteiger partial charge in [0.05, 0.1) is 0 Å². The van der Waals surface area contributed by atoms with E-state index in [2.05, 4.69) is 43.4 Å². The van der Waals surface area contributed by atoms with Crippen molar-refractivity contribution in [3.05, 3.63) is 35.4 Å². The smallest absolute Gasteiger partial charge is 0.0211 e. The van der Waals surface area contributed by atoms with Crippen molar-refractivity contribution in [1.82, 2.24) is 5.32 Å². The minimum absolute atomic E-state index is 0.503. The second kappa shape index (κ2) is 4.56. The number of rotatable bonds is 5. The van der Waals surface area contributed by atoms with Crippen LogP contribution in [0.25, 0.3) is 0 Å². The first-order chi connectivity index (χ1) is 7.63. The zero-order valence-corrected chi connectivity index (χ0v) is 10.3. The van der Waals surface area contributed by atoms with Crippen molar-refractivity contribution >= 4 is 0 Å². The lowest BCUT2D eigenvalue weighted by molar-refractivity contribution is 0.541. The molecule has 0 aliphatic heterocycles. The molecule has 0 aromatic heterocycles. The number of nitrogens with one attached hydrogen (secondary N) is 1. The van der Waals surface area contributed by atoms with Crippen LogP contribution in [0.15, 0.2) is 24.3 Å². The fraction of sp³-hybridized carbons (Fsp3) is 0.571. The van der Waals surface area contributed by atoms with Gasteiger partial charge in [-0.05, 0) is 35.9 Å². The van der Waals surface area contributed by atoms with Crippen LogP contribution >= 0.6 is 0 Å². The van der Waals surface area contributed by atoms with Crippen molar-refractivity contribution in [2.45, 2.75) is 39.3 Å². The van der Waals surface area contributed by atoms with Crippen LogP contribution in [0.3, 0.4) is 0 Å². The van der Waals surface area contributed by atoms with E-state index in [0.29, 0.717) is 11.5 Å². The molecule has 1 unspecified atom stereocenters. The minimum Gasteiger partial charge on any atom is -0.330 e. The third-order valence-electron chi connectivity index (χ3n) is 3.58. The summed E-state index contributed by atoms with van der Waals surface area (Å²) in [6, 6.07) is 9.28. The van der Waals surface area contributed by atoms with Gasteiger partial charge in [0, 0.05) is 12.6 Å². The number of hydrogen-bond acceptors (Lipinski definition) is 2. The minimum atomic E-state index is 0.503. The third-order valence-corrected chi connectivity index (χ3v) is 3.58. The van der Waals surface area contributed by atoms with Gasteiger partial charge in [0.15, 0.2) is 0 Å². The van der Waals surface area contributed by atoms with E-state index in [-0.39, 0.29) is 0 Å². The molecule has 3 N–H and O–H groups in total. The molecule has 2 heteroatoms. The fourth-order valence-electron chi connectivity index (χ4n) is 2.18. The number of hydrogen-bond donors (Lipinski definition) is 2. The van der Waals surface area contributed by atoms with Gasteiger partial charge in [0.25, 0.3) is 0 Å². The Balaban J connectivity index is 1.93. The van der Waals surface area contributed by atoms with Crippen molar-refractivity contribution in [2.75, 3.05) is 6.54 Å². The van der Waals surface area contributed by atoms with Gasteiger partial charge in [-0.25, -0.2) is 0 Å². The molecule has 2 rings (SSSR count). The molecule has 0 bridgehead atoms. The van der Waals surface area contributed by atoms with Gasteiger partial charge in [0.2, 0.25) is 0 Å². The SMILES string of the molecule is CC1(C)CC1NCc1ccccc1CCN. The Morgan fingerprint density at radius 3 is 2.50 bits per heavy atom. The summed E-state index contributed by atoms with van der Waals surface area (Å²) in [5.41, 5.74) is 8.91. The highest BCUT2D eigenvalue weighted by Gasteiger charge is 2.44. The summed E-state index contributed by atoms with van der Waals surface area (Å²) in [4.78, 5) is 0. The Morgan fingerprint density at radius 1 is 1.31 bits per heavy atom. The molecule has 0 spiro atoms. The van der Waals surface area contributed by atoms with Crippen molar-refractivity contribution in [2.24, 2.45) is 11.1 Å². The first-order valence-corrected chi connectivity index (χ1v) is 6.14. The highest BCUT2D eigenvalue weighted by molar-refractivity contribution is 5.27. The summed E-state index contributed by atoms with van der Waals surface area (Å²) in [6.07, 6.45) is 2.28. The summed E-state index contributed by atoms with van der Waals surface area (Å²) in [5.74, 6) is 0. The lowest BCUT2D eigenvalue weighted by Crippen LogP contribution is -2.21. The molecular weight excluding hydrogens is 196 g/mol.